The number of amides is 1. The maximum absolute atomic E-state index is 12.8. The van der Waals surface area contributed by atoms with Gasteiger partial charge in [0.1, 0.15) is 5.37 Å². The molecule has 24 heavy (non-hydrogen) atoms. The molecule has 0 spiro atoms. The fourth-order valence-electron chi connectivity index (χ4n) is 3.13. The van der Waals surface area contributed by atoms with Gasteiger partial charge in [0.05, 0.1) is 10.8 Å². The van der Waals surface area contributed by atoms with Crippen molar-refractivity contribution >= 4 is 34.3 Å². The highest BCUT2D eigenvalue weighted by molar-refractivity contribution is 8.01. The third kappa shape index (κ3) is 2.47. The molecule has 1 aliphatic rings. The smallest absolute Gasteiger partial charge is 0.241 e. The molecule has 1 amide bonds. The van der Waals surface area contributed by atoms with Crippen molar-refractivity contribution in [2.24, 2.45) is 0 Å². The van der Waals surface area contributed by atoms with Crippen LogP contribution in [-0.4, -0.2) is 16.1 Å². The number of hydrogen-bond donors (Lipinski definition) is 0. The van der Waals surface area contributed by atoms with E-state index in [1.807, 2.05) is 42.3 Å². The normalized spacial score (nSPS) is 20.8. The minimum absolute atomic E-state index is 0.0474. The lowest BCUT2D eigenvalue weighted by molar-refractivity contribution is -0.117. The third-order valence-electron chi connectivity index (χ3n) is 4.39. The highest BCUT2D eigenvalue weighted by atomic mass is 32.2. The zero-order valence-corrected chi connectivity index (χ0v) is 14.5. The summed E-state index contributed by atoms with van der Waals surface area (Å²) in [5, 5.41) is 0.996. The Morgan fingerprint density at radius 2 is 1.79 bits per heavy atom. The molecule has 2 atom stereocenters. The molecule has 2 heterocycles. The number of anilines is 1. The first kappa shape index (κ1) is 15.2. The van der Waals surface area contributed by atoms with Gasteiger partial charge in [0.15, 0.2) is 0 Å². The van der Waals surface area contributed by atoms with Crippen LogP contribution in [0.4, 0.5) is 5.69 Å². The summed E-state index contributed by atoms with van der Waals surface area (Å²) in [4.78, 5) is 19.3. The summed E-state index contributed by atoms with van der Waals surface area (Å²) in [6, 6.07) is 18.3. The number of thioether (sulfide) groups is 1. The van der Waals surface area contributed by atoms with E-state index in [4.69, 9.17) is 0 Å². The van der Waals surface area contributed by atoms with E-state index >= 15 is 0 Å². The molecular formula is C20H18N2OS. The molecule has 0 N–H and O–H groups in total. The average molecular weight is 334 g/mol. The molecular weight excluding hydrogens is 316 g/mol. The highest BCUT2D eigenvalue weighted by Crippen LogP contribution is 2.46. The molecule has 1 aliphatic heterocycles. The van der Waals surface area contributed by atoms with Crippen LogP contribution in [0.3, 0.4) is 0 Å². The summed E-state index contributed by atoms with van der Waals surface area (Å²) < 4.78 is 0. The van der Waals surface area contributed by atoms with Gasteiger partial charge in [0.2, 0.25) is 5.91 Å². The van der Waals surface area contributed by atoms with Gasteiger partial charge in [0.25, 0.3) is 0 Å². The number of aryl methyl sites for hydroxylation is 1. The van der Waals surface area contributed by atoms with Gasteiger partial charge in [-0.1, -0.05) is 42.0 Å². The van der Waals surface area contributed by atoms with Crippen LogP contribution >= 0.6 is 11.8 Å². The quantitative estimate of drug-likeness (QED) is 0.680. The first-order valence-electron chi connectivity index (χ1n) is 8.04. The summed E-state index contributed by atoms with van der Waals surface area (Å²) >= 11 is 1.69. The summed E-state index contributed by atoms with van der Waals surface area (Å²) in [7, 11) is 0. The lowest BCUT2D eigenvalue weighted by atomic mass is 10.1. The Morgan fingerprint density at radius 1 is 1.04 bits per heavy atom. The third-order valence-corrected chi connectivity index (χ3v) is 5.73. The number of pyridine rings is 1. The van der Waals surface area contributed by atoms with E-state index in [9.17, 15) is 4.79 Å². The molecule has 1 saturated heterocycles. The zero-order chi connectivity index (χ0) is 16.7. The second kappa shape index (κ2) is 5.95. The number of fused-ring (bicyclic) bond motifs is 1. The summed E-state index contributed by atoms with van der Waals surface area (Å²) in [6.45, 7) is 4.03. The minimum atomic E-state index is -0.0599. The number of nitrogens with zero attached hydrogens (tertiary/aromatic N) is 2. The molecule has 1 aromatic heterocycles. The van der Waals surface area contributed by atoms with Gasteiger partial charge in [-0.3, -0.25) is 14.7 Å². The van der Waals surface area contributed by atoms with Gasteiger partial charge < -0.3 is 0 Å². The largest absolute Gasteiger partial charge is 0.295 e. The molecule has 4 heteroatoms. The number of carbonyl (C=O) groups is 1. The van der Waals surface area contributed by atoms with Crippen molar-refractivity contribution < 1.29 is 4.79 Å². The van der Waals surface area contributed by atoms with Gasteiger partial charge in [-0.05, 0) is 32.0 Å². The Balaban J connectivity index is 1.85. The first-order chi connectivity index (χ1) is 11.6. The van der Waals surface area contributed by atoms with Crippen LogP contribution in [0.15, 0.2) is 60.8 Å². The van der Waals surface area contributed by atoms with Crippen LogP contribution in [0.2, 0.25) is 0 Å². The number of carbonyl (C=O) groups excluding carboxylic acids is 1. The van der Waals surface area contributed by atoms with E-state index in [0.29, 0.717) is 0 Å². The fraction of sp³-hybridized carbons (Fsp3) is 0.200. The number of rotatable bonds is 2. The molecule has 2 aromatic carbocycles. The Labute approximate surface area is 145 Å². The predicted octanol–water partition coefficient (Wildman–Crippen LogP) is 4.71. The number of benzene rings is 2. The lowest BCUT2D eigenvalue weighted by Crippen LogP contribution is -2.30. The van der Waals surface area contributed by atoms with E-state index in [0.717, 1.165) is 22.2 Å². The van der Waals surface area contributed by atoms with Gasteiger partial charge in [-0.25, -0.2) is 0 Å². The molecule has 4 rings (SSSR count). The van der Waals surface area contributed by atoms with Crippen molar-refractivity contribution in [3.05, 3.63) is 71.9 Å². The van der Waals surface area contributed by atoms with Crippen LogP contribution in [0, 0.1) is 6.92 Å². The molecule has 2 unspecified atom stereocenters. The maximum atomic E-state index is 12.8. The van der Waals surface area contributed by atoms with E-state index < -0.39 is 0 Å². The number of hydrogen-bond acceptors (Lipinski definition) is 3. The summed E-state index contributed by atoms with van der Waals surface area (Å²) in [5.41, 5.74) is 4.20. The van der Waals surface area contributed by atoms with E-state index in [-0.39, 0.29) is 16.5 Å². The molecule has 3 aromatic rings. The molecule has 0 radical (unpaired) electrons. The summed E-state index contributed by atoms with van der Waals surface area (Å²) in [6.07, 6.45) is 1.81. The Morgan fingerprint density at radius 3 is 2.58 bits per heavy atom. The SMILES string of the molecule is Cc1ccc(N2C(=O)C(C)SC2c2cccc3cccnc23)cc1. The molecule has 0 aliphatic carbocycles. The summed E-state index contributed by atoms with van der Waals surface area (Å²) in [5.74, 6) is 0.154. The van der Waals surface area contributed by atoms with Gasteiger partial charge >= 0.3 is 0 Å². The molecule has 120 valence electrons. The van der Waals surface area contributed by atoms with Crippen molar-refractivity contribution in [1.82, 2.24) is 4.98 Å². The van der Waals surface area contributed by atoms with Crippen LogP contribution in [-0.2, 0) is 4.79 Å². The van der Waals surface area contributed by atoms with Gasteiger partial charge in [-0.2, -0.15) is 0 Å². The molecule has 3 nitrogen and oxygen atoms in total. The zero-order valence-electron chi connectivity index (χ0n) is 13.6. The number of para-hydroxylation sites is 1. The number of aromatic nitrogens is 1. The topological polar surface area (TPSA) is 33.2 Å². The van der Waals surface area contributed by atoms with E-state index in [1.165, 1.54) is 5.56 Å². The van der Waals surface area contributed by atoms with E-state index in [2.05, 4.69) is 42.2 Å². The maximum Gasteiger partial charge on any atom is 0.241 e. The second-order valence-corrected chi connectivity index (χ2v) is 7.52. The lowest BCUT2D eigenvalue weighted by Gasteiger charge is -2.25. The standard InChI is InChI=1S/C20H18N2OS/c1-13-8-10-16(11-9-13)22-19(23)14(2)24-20(22)17-7-3-5-15-6-4-12-21-18(15)17/h3-12,14,20H,1-2H3. The Kier molecular flexibility index (Phi) is 3.77. The van der Waals surface area contributed by atoms with Crippen LogP contribution < -0.4 is 4.90 Å². The van der Waals surface area contributed by atoms with Crippen LogP contribution in [0.1, 0.15) is 23.4 Å². The van der Waals surface area contributed by atoms with Crippen molar-refractivity contribution in [1.29, 1.82) is 0 Å². The highest BCUT2D eigenvalue weighted by Gasteiger charge is 2.40. The van der Waals surface area contributed by atoms with Crippen molar-refractivity contribution in [2.75, 3.05) is 4.90 Å². The molecule has 0 saturated carbocycles. The van der Waals surface area contributed by atoms with Crippen molar-refractivity contribution in [2.45, 2.75) is 24.5 Å². The predicted molar refractivity (Wildman–Crippen MR) is 100 cm³/mol. The Bertz CT molecular complexity index is 902. The van der Waals surface area contributed by atoms with Crippen LogP contribution in [0.5, 0.6) is 0 Å². The Hall–Kier alpha value is -2.33. The first-order valence-corrected chi connectivity index (χ1v) is 8.98. The van der Waals surface area contributed by atoms with Gasteiger partial charge in [0, 0.05) is 22.8 Å². The fourth-order valence-corrected chi connectivity index (χ4v) is 4.43. The molecule has 0 bridgehead atoms. The van der Waals surface area contributed by atoms with Gasteiger partial charge in [-0.15, -0.1) is 11.8 Å². The monoisotopic (exact) mass is 334 g/mol. The average Bonchev–Trinajstić information content (AvgIpc) is 2.90. The minimum Gasteiger partial charge on any atom is -0.295 e. The van der Waals surface area contributed by atoms with Crippen molar-refractivity contribution in [3.8, 4) is 0 Å². The van der Waals surface area contributed by atoms with E-state index in [1.54, 1.807) is 11.8 Å². The second-order valence-electron chi connectivity index (χ2n) is 6.10. The van der Waals surface area contributed by atoms with Crippen molar-refractivity contribution in [3.63, 3.8) is 0 Å². The molecule has 1 fully saturated rings. The van der Waals surface area contributed by atoms with Crippen LogP contribution in [0.25, 0.3) is 10.9 Å².